The number of benzene rings is 1. The highest BCUT2D eigenvalue weighted by Crippen LogP contribution is 2.32. The Kier molecular flexibility index (Phi) is 2.45. The number of halogens is 3. The number of aromatic nitrogens is 1. The van der Waals surface area contributed by atoms with Crippen molar-refractivity contribution in [2.24, 2.45) is 0 Å². The fourth-order valence-corrected chi connectivity index (χ4v) is 1.94. The first-order chi connectivity index (χ1) is 6.20. The summed E-state index contributed by atoms with van der Waals surface area (Å²) in [6, 6.07) is 5.41. The Balaban J connectivity index is 2.94. The van der Waals surface area contributed by atoms with E-state index in [9.17, 15) is 0 Å². The van der Waals surface area contributed by atoms with Crippen LogP contribution in [0.5, 0.6) is 0 Å². The Morgan fingerprint density at radius 1 is 1.08 bits per heavy atom. The molecule has 0 saturated heterocycles. The zero-order valence-corrected chi connectivity index (χ0v) is 9.49. The van der Waals surface area contributed by atoms with Gasteiger partial charge in [-0.2, -0.15) is 0 Å². The summed E-state index contributed by atoms with van der Waals surface area (Å²) in [7, 11) is 0. The minimum atomic E-state index is 0.641. The molecule has 1 heterocycles. The molecule has 0 unspecified atom stereocenters. The zero-order valence-electron chi connectivity index (χ0n) is 6.39. The first-order valence-electron chi connectivity index (χ1n) is 3.58. The van der Waals surface area contributed by atoms with Gasteiger partial charge in [-0.05, 0) is 34.1 Å². The summed E-state index contributed by atoms with van der Waals surface area (Å²) in [5.41, 5.74) is 0.792. The molecule has 13 heavy (non-hydrogen) atoms. The van der Waals surface area contributed by atoms with Crippen molar-refractivity contribution in [3.8, 4) is 0 Å². The van der Waals surface area contributed by atoms with Gasteiger partial charge in [-0.3, -0.25) is 4.98 Å². The number of nitrogens with zero attached hydrogens (tertiary/aromatic N) is 1. The van der Waals surface area contributed by atoms with Gasteiger partial charge in [0, 0.05) is 11.6 Å². The lowest BCUT2D eigenvalue weighted by molar-refractivity contribution is 1.40. The highest BCUT2D eigenvalue weighted by Gasteiger charge is 2.06. The van der Waals surface area contributed by atoms with Crippen LogP contribution in [-0.4, -0.2) is 4.98 Å². The van der Waals surface area contributed by atoms with Gasteiger partial charge in [0.25, 0.3) is 0 Å². The minimum Gasteiger partial charge on any atom is -0.255 e. The van der Waals surface area contributed by atoms with Crippen LogP contribution in [-0.2, 0) is 0 Å². The van der Waals surface area contributed by atoms with Gasteiger partial charge in [0.1, 0.15) is 0 Å². The van der Waals surface area contributed by atoms with Gasteiger partial charge in [-0.15, -0.1) is 0 Å². The van der Waals surface area contributed by atoms with Gasteiger partial charge >= 0.3 is 0 Å². The van der Waals surface area contributed by atoms with Crippen molar-refractivity contribution in [2.45, 2.75) is 0 Å². The van der Waals surface area contributed by atoms with Gasteiger partial charge in [-0.1, -0.05) is 23.2 Å². The first kappa shape index (κ1) is 9.25. The topological polar surface area (TPSA) is 12.9 Å². The minimum absolute atomic E-state index is 0.641. The number of hydrogen-bond acceptors (Lipinski definition) is 1. The standard InChI is InChI=1S/C9H4BrCl2N/c10-8-7(12)2-1-5-6(11)3-4-13-9(5)8/h1-4H. The molecule has 0 aliphatic rings. The Labute approximate surface area is 93.8 Å². The average Bonchev–Trinajstić information content (AvgIpc) is 2.12. The van der Waals surface area contributed by atoms with Crippen LogP contribution >= 0.6 is 39.1 Å². The predicted molar refractivity (Wildman–Crippen MR) is 59.5 cm³/mol. The van der Waals surface area contributed by atoms with E-state index in [2.05, 4.69) is 20.9 Å². The SMILES string of the molecule is Clc1ccc2c(Cl)ccnc2c1Br. The molecule has 1 nitrogen and oxygen atoms in total. The molecule has 0 radical (unpaired) electrons. The summed E-state index contributed by atoms with van der Waals surface area (Å²) < 4.78 is 0.786. The van der Waals surface area contributed by atoms with E-state index in [1.165, 1.54) is 0 Å². The summed E-state index contributed by atoms with van der Waals surface area (Å²) in [6.07, 6.45) is 1.66. The number of hydrogen-bond donors (Lipinski definition) is 0. The van der Waals surface area contributed by atoms with Gasteiger partial charge < -0.3 is 0 Å². The molecule has 0 bridgehead atoms. The van der Waals surface area contributed by atoms with Crippen molar-refractivity contribution in [1.82, 2.24) is 4.98 Å². The van der Waals surface area contributed by atoms with Crippen molar-refractivity contribution >= 4 is 50.0 Å². The largest absolute Gasteiger partial charge is 0.255 e. The molecule has 0 N–H and O–H groups in total. The van der Waals surface area contributed by atoms with Crippen molar-refractivity contribution < 1.29 is 0 Å². The summed E-state index contributed by atoms with van der Waals surface area (Å²) in [5.74, 6) is 0. The second-order valence-corrected chi connectivity index (χ2v) is 4.16. The third kappa shape index (κ3) is 1.54. The second kappa shape index (κ2) is 3.45. The van der Waals surface area contributed by atoms with Gasteiger partial charge in [0.2, 0.25) is 0 Å². The first-order valence-corrected chi connectivity index (χ1v) is 5.13. The van der Waals surface area contributed by atoms with Crippen LogP contribution in [0.4, 0.5) is 0 Å². The average molecular weight is 277 g/mol. The molecule has 0 fully saturated rings. The Morgan fingerprint density at radius 3 is 2.62 bits per heavy atom. The molecule has 1 aromatic heterocycles. The summed E-state index contributed by atoms with van der Waals surface area (Å²) in [4.78, 5) is 4.19. The molecule has 2 rings (SSSR count). The molecule has 1 aromatic carbocycles. The predicted octanol–water partition coefficient (Wildman–Crippen LogP) is 4.30. The molecular weight excluding hydrogens is 273 g/mol. The Morgan fingerprint density at radius 2 is 1.85 bits per heavy atom. The number of pyridine rings is 1. The third-order valence-corrected chi connectivity index (χ3v) is 3.43. The van der Waals surface area contributed by atoms with Crippen molar-refractivity contribution in [3.05, 3.63) is 38.9 Å². The van der Waals surface area contributed by atoms with Crippen molar-refractivity contribution in [2.75, 3.05) is 0 Å². The van der Waals surface area contributed by atoms with Gasteiger partial charge in [-0.25, -0.2) is 0 Å². The lowest BCUT2D eigenvalue weighted by Crippen LogP contribution is -1.81. The lowest BCUT2D eigenvalue weighted by Gasteiger charge is -2.02. The van der Waals surface area contributed by atoms with Crippen molar-refractivity contribution in [1.29, 1.82) is 0 Å². The highest BCUT2D eigenvalue weighted by molar-refractivity contribution is 9.10. The molecule has 0 amide bonds. The molecular formula is C9H4BrCl2N. The molecule has 0 aliphatic carbocycles. The van der Waals surface area contributed by atoms with E-state index in [0.29, 0.717) is 10.0 Å². The molecule has 0 spiro atoms. The number of fused-ring (bicyclic) bond motifs is 1. The zero-order chi connectivity index (χ0) is 9.42. The van der Waals surface area contributed by atoms with Crippen LogP contribution in [0.2, 0.25) is 10.0 Å². The van der Waals surface area contributed by atoms with Crippen LogP contribution in [0.3, 0.4) is 0 Å². The lowest BCUT2D eigenvalue weighted by atomic mass is 10.2. The summed E-state index contributed by atoms with van der Waals surface area (Å²) in [6.45, 7) is 0. The van der Waals surface area contributed by atoms with E-state index in [-0.39, 0.29) is 0 Å². The third-order valence-electron chi connectivity index (χ3n) is 1.75. The highest BCUT2D eigenvalue weighted by atomic mass is 79.9. The van der Waals surface area contributed by atoms with E-state index in [1.54, 1.807) is 18.3 Å². The molecule has 4 heteroatoms. The number of rotatable bonds is 0. The maximum absolute atomic E-state index is 5.98. The van der Waals surface area contributed by atoms with Crippen LogP contribution in [0.1, 0.15) is 0 Å². The van der Waals surface area contributed by atoms with Crippen LogP contribution in [0.15, 0.2) is 28.9 Å². The fraction of sp³-hybridized carbons (Fsp3) is 0. The molecule has 66 valence electrons. The fourth-order valence-electron chi connectivity index (χ4n) is 1.13. The Hall–Kier alpha value is -0.310. The normalized spacial score (nSPS) is 10.7. The quantitative estimate of drug-likeness (QED) is 0.699. The Bertz CT molecular complexity index is 470. The maximum Gasteiger partial charge on any atom is 0.0874 e. The maximum atomic E-state index is 5.98. The van der Waals surface area contributed by atoms with E-state index in [4.69, 9.17) is 23.2 Å². The van der Waals surface area contributed by atoms with Gasteiger partial charge in [0.15, 0.2) is 0 Å². The van der Waals surface area contributed by atoms with E-state index in [0.717, 1.165) is 15.4 Å². The van der Waals surface area contributed by atoms with Crippen LogP contribution < -0.4 is 0 Å². The van der Waals surface area contributed by atoms with Crippen LogP contribution in [0, 0.1) is 0 Å². The molecule has 0 saturated carbocycles. The summed E-state index contributed by atoms with van der Waals surface area (Å²) >= 11 is 15.2. The van der Waals surface area contributed by atoms with Crippen LogP contribution in [0.25, 0.3) is 10.9 Å². The van der Waals surface area contributed by atoms with E-state index >= 15 is 0 Å². The van der Waals surface area contributed by atoms with E-state index in [1.807, 2.05) is 6.07 Å². The molecule has 2 aromatic rings. The molecule has 0 aliphatic heterocycles. The second-order valence-electron chi connectivity index (χ2n) is 2.55. The van der Waals surface area contributed by atoms with Crippen molar-refractivity contribution in [3.63, 3.8) is 0 Å². The smallest absolute Gasteiger partial charge is 0.0874 e. The van der Waals surface area contributed by atoms with E-state index < -0.39 is 0 Å². The monoisotopic (exact) mass is 275 g/mol. The van der Waals surface area contributed by atoms with Gasteiger partial charge in [0.05, 0.1) is 20.0 Å². The summed E-state index contributed by atoms with van der Waals surface area (Å²) in [5, 5.41) is 2.23. The molecule has 0 atom stereocenters.